The summed E-state index contributed by atoms with van der Waals surface area (Å²) >= 11 is 5.57. The molecule has 3 nitrogen and oxygen atoms in total. The average Bonchev–Trinajstić information content (AvgIpc) is 2.67. The number of rotatable bonds is 3. The van der Waals surface area contributed by atoms with Gasteiger partial charge in [-0.25, -0.2) is 0 Å². The number of oxazole rings is 1. The molecular weight excluding hydrogens is 202 g/mol. The fourth-order valence-electron chi connectivity index (χ4n) is 0.986. The lowest BCUT2D eigenvalue weighted by atomic mass is 10.3. The van der Waals surface area contributed by atoms with Crippen LogP contribution in [0.25, 0.3) is 0 Å². The minimum atomic E-state index is 0.215. The molecule has 4 heteroatoms. The monoisotopic (exact) mass is 209 g/mol. The molecule has 2 rings (SSSR count). The van der Waals surface area contributed by atoms with Crippen LogP contribution >= 0.6 is 11.6 Å². The Balaban J connectivity index is 2.11. The van der Waals surface area contributed by atoms with Gasteiger partial charge in [-0.3, -0.25) is 0 Å². The van der Waals surface area contributed by atoms with Gasteiger partial charge in [-0.1, -0.05) is 18.2 Å². The van der Waals surface area contributed by atoms with Gasteiger partial charge in [0, 0.05) is 0 Å². The molecule has 0 amide bonds. The second kappa shape index (κ2) is 4.15. The van der Waals surface area contributed by atoms with E-state index in [0.29, 0.717) is 17.3 Å². The van der Waals surface area contributed by atoms with Crippen LogP contribution in [0.4, 0.5) is 0 Å². The van der Waals surface area contributed by atoms with Crippen LogP contribution in [0.15, 0.2) is 41.0 Å². The minimum absolute atomic E-state index is 0.215. The lowest BCUT2D eigenvalue weighted by Gasteiger charge is -1.97. The predicted octanol–water partition coefficient (Wildman–Crippen LogP) is 3.21. The topological polar surface area (TPSA) is 35.3 Å². The molecule has 1 heterocycles. The highest BCUT2D eigenvalue weighted by atomic mass is 35.5. The summed E-state index contributed by atoms with van der Waals surface area (Å²) in [5.41, 5.74) is 0.664. The van der Waals surface area contributed by atoms with Gasteiger partial charge in [0.05, 0.1) is 11.6 Å². The average molecular weight is 210 g/mol. The number of para-hydroxylation sites is 1. The van der Waals surface area contributed by atoms with E-state index in [-0.39, 0.29) is 6.08 Å². The largest absolute Gasteiger partial charge is 0.417 e. The van der Waals surface area contributed by atoms with E-state index < -0.39 is 0 Å². The van der Waals surface area contributed by atoms with Crippen molar-refractivity contribution in [1.29, 1.82) is 0 Å². The molecule has 1 aromatic carbocycles. The molecule has 0 atom stereocenters. The van der Waals surface area contributed by atoms with E-state index in [9.17, 15) is 0 Å². The van der Waals surface area contributed by atoms with E-state index in [2.05, 4.69) is 4.98 Å². The van der Waals surface area contributed by atoms with Crippen molar-refractivity contribution in [2.45, 2.75) is 5.88 Å². The van der Waals surface area contributed by atoms with E-state index in [1.165, 1.54) is 6.26 Å². The highest BCUT2D eigenvalue weighted by Crippen LogP contribution is 2.20. The van der Waals surface area contributed by atoms with Crippen LogP contribution in [-0.4, -0.2) is 4.98 Å². The molecule has 0 radical (unpaired) electrons. The van der Waals surface area contributed by atoms with Crippen molar-refractivity contribution in [3.63, 3.8) is 0 Å². The van der Waals surface area contributed by atoms with Gasteiger partial charge in [0.25, 0.3) is 0 Å². The molecule has 1 aromatic heterocycles. The van der Waals surface area contributed by atoms with Crippen LogP contribution < -0.4 is 4.74 Å². The summed E-state index contributed by atoms with van der Waals surface area (Å²) in [7, 11) is 0. The van der Waals surface area contributed by atoms with Gasteiger partial charge in [0.2, 0.25) is 0 Å². The second-order valence-electron chi connectivity index (χ2n) is 2.65. The van der Waals surface area contributed by atoms with Gasteiger partial charge in [0.1, 0.15) is 12.0 Å². The first-order valence-electron chi connectivity index (χ1n) is 4.12. The van der Waals surface area contributed by atoms with Gasteiger partial charge in [-0.2, -0.15) is 4.98 Å². The lowest BCUT2D eigenvalue weighted by Crippen LogP contribution is -1.83. The lowest BCUT2D eigenvalue weighted by molar-refractivity contribution is 0.331. The Morgan fingerprint density at radius 2 is 2.07 bits per heavy atom. The fraction of sp³-hybridized carbons (Fsp3) is 0.100. The van der Waals surface area contributed by atoms with Crippen LogP contribution in [0.3, 0.4) is 0 Å². The van der Waals surface area contributed by atoms with Crippen LogP contribution in [0.5, 0.6) is 11.8 Å². The maximum atomic E-state index is 5.57. The quantitative estimate of drug-likeness (QED) is 0.729. The normalized spacial score (nSPS) is 10.1. The molecule has 0 N–H and O–H groups in total. The molecule has 0 bridgehead atoms. The highest BCUT2D eigenvalue weighted by molar-refractivity contribution is 6.16. The molecule has 72 valence electrons. The Morgan fingerprint density at radius 1 is 1.29 bits per heavy atom. The second-order valence-corrected chi connectivity index (χ2v) is 2.92. The van der Waals surface area contributed by atoms with E-state index in [0.717, 1.165) is 0 Å². The summed E-state index contributed by atoms with van der Waals surface area (Å²) in [6, 6.07) is 9.31. The molecular formula is C10H8ClNO2. The van der Waals surface area contributed by atoms with Gasteiger partial charge in [-0.05, 0) is 12.1 Å². The number of benzene rings is 1. The molecule has 2 aromatic rings. The van der Waals surface area contributed by atoms with Crippen molar-refractivity contribution in [1.82, 2.24) is 4.98 Å². The number of alkyl halides is 1. The van der Waals surface area contributed by atoms with E-state index >= 15 is 0 Å². The van der Waals surface area contributed by atoms with Crippen molar-refractivity contribution in [3.8, 4) is 11.8 Å². The molecule has 0 aliphatic heterocycles. The molecule has 0 saturated carbocycles. The molecule has 0 aliphatic rings. The van der Waals surface area contributed by atoms with Gasteiger partial charge in [-0.15, -0.1) is 11.6 Å². The summed E-state index contributed by atoms with van der Waals surface area (Å²) in [5.74, 6) is 1.01. The number of halogens is 1. The molecule has 0 saturated heterocycles. The SMILES string of the molecule is ClCc1coc(Oc2ccccc2)n1. The van der Waals surface area contributed by atoms with Crippen LogP contribution in [-0.2, 0) is 5.88 Å². The Labute approximate surface area is 86.3 Å². The third-order valence-corrected chi connectivity index (χ3v) is 1.89. The number of ether oxygens (including phenoxy) is 1. The van der Waals surface area contributed by atoms with Crippen molar-refractivity contribution < 1.29 is 9.15 Å². The smallest absolute Gasteiger partial charge is 0.399 e. The summed E-state index contributed by atoms with van der Waals surface area (Å²) in [4.78, 5) is 4.00. The van der Waals surface area contributed by atoms with Crippen LogP contribution in [0.1, 0.15) is 5.69 Å². The first kappa shape index (κ1) is 9.09. The number of hydrogen-bond acceptors (Lipinski definition) is 3. The summed E-state index contributed by atoms with van der Waals surface area (Å²) in [6.45, 7) is 0. The van der Waals surface area contributed by atoms with E-state index in [1.54, 1.807) is 0 Å². The Hall–Kier alpha value is -1.48. The third kappa shape index (κ3) is 2.06. The first-order valence-corrected chi connectivity index (χ1v) is 4.65. The standard InChI is InChI=1S/C10H8ClNO2/c11-6-8-7-13-10(12-8)14-9-4-2-1-3-5-9/h1-5,7H,6H2. The predicted molar refractivity (Wildman–Crippen MR) is 52.6 cm³/mol. The highest BCUT2D eigenvalue weighted by Gasteiger charge is 2.04. The molecule has 0 spiro atoms. The molecule has 0 fully saturated rings. The number of nitrogens with zero attached hydrogens (tertiary/aromatic N) is 1. The fourth-order valence-corrected chi connectivity index (χ4v) is 1.11. The Bertz CT molecular complexity index is 400. The molecule has 14 heavy (non-hydrogen) atoms. The number of aromatic nitrogens is 1. The van der Waals surface area contributed by atoms with Crippen molar-refractivity contribution in [2.75, 3.05) is 0 Å². The van der Waals surface area contributed by atoms with Gasteiger partial charge < -0.3 is 9.15 Å². The van der Waals surface area contributed by atoms with Crippen molar-refractivity contribution in [3.05, 3.63) is 42.3 Å². The van der Waals surface area contributed by atoms with E-state index in [1.807, 2.05) is 30.3 Å². The molecule has 0 unspecified atom stereocenters. The Morgan fingerprint density at radius 3 is 2.71 bits per heavy atom. The zero-order valence-electron chi connectivity index (χ0n) is 7.31. The molecule has 0 aliphatic carbocycles. The zero-order chi connectivity index (χ0) is 9.80. The first-order chi connectivity index (χ1) is 6.88. The minimum Gasteiger partial charge on any atom is -0.417 e. The summed E-state index contributed by atoms with van der Waals surface area (Å²) in [5, 5.41) is 0. The third-order valence-electron chi connectivity index (χ3n) is 1.62. The maximum absolute atomic E-state index is 5.57. The summed E-state index contributed by atoms with van der Waals surface area (Å²) < 4.78 is 10.4. The Kier molecular flexibility index (Phi) is 2.70. The zero-order valence-corrected chi connectivity index (χ0v) is 8.07. The van der Waals surface area contributed by atoms with Gasteiger partial charge >= 0.3 is 6.08 Å². The van der Waals surface area contributed by atoms with E-state index in [4.69, 9.17) is 20.8 Å². The maximum Gasteiger partial charge on any atom is 0.399 e. The van der Waals surface area contributed by atoms with Crippen molar-refractivity contribution >= 4 is 11.6 Å². The van der Waals surface area contributed by atoms with Gasteiger partial charge in [0.15, 0.2) is 0 Å². The number of hydrogen-bond donors (Lipinski definition) is 0. The van der Waals surface area contributed by atoms with Crippen LogP contribution in [0, 0.1) is 0 Å². The van der Waals surface area contributed by atoms with Crippen molar-refractivity contribution in [2.24, 2.45) is 0 Å². The summed E-state index contributed by atoms with van der Waals surface area (Å²) in [6.07, 6.45) is 1.69. The van der Waals surface area contributed by atoms with Crippen LogP contribution in [0.2, 0.25) is 0 Å².